The fraction of sp³-hybridized carbons (Fsp3) is 0.308. The summed E-state index contributed by atoms with van der Waals surface area (Å²) in [6, 6.07) is 10.8. The second kappa shape index (κ2) is 4.26. The summed E-state index contributed by atoms with van der Waals surface area (Å²) in [6.07, 6.45) is 0. The van der Waals surface area contributed by atoms with Gasteiger partial charge in [0, 0.05) is 5.56 Å². The van der Waals surface area contributed by atoms with Crippen molar-refractivity contribution in [2.45, 2.75) is 26.8 Å². The Hall–Kier alpha value is -1.35. The van der Waals surface area contributed by atoms with E-state index in [1.54, 1.807) is 11.3 Å². The van der Waals surface area contributed by atoms with E-state index in [-0.39, 0.29) is 0 Å². The Morgan fingerprint density at radius 1 is 1.19 bits per heavy atom. The van der Waals surface area contributed by atoms with Crippen LogP contribution in [0.4, 0.5) is 5.13 Å². The van der Waals surface area contributed by atoms with Crippen LogP contribution in [0, 0.1) is 6.92 Å². The Morgan fingerprint density at radius 3 is 2.38 bits per heavy atom. The van der Waals surface area contributed by atoms with E-state index >= 15 is 0 Å². The monoisotopic (exact) mass is 233 g/mol. The van der Waals surface area contributed by atoms with Crippen molar-refractivity contribution < 1.29 is 4.57 Å². The van der Waals surface area contributed by atoms with Gasteiger partial charge in [-0.25, -0.2) is 4.57 Å². The van der Waals surface area contributed by atoms with Gasteiger partial charge >= 0.3 is 5.13 Å². The van der Waals surface area contributed by atoms with E-state index in [0.29, 0.717) is 6.04 Å². The summed E-state index contributed by atoms with van der Waals surface area (Å²) < 4.78 is 2.20. The third kappa shape index (κ3) is 1.83. The van der Waals surface area contributed by atoms with Crippen LogP contribution in [0.1, 0.15) is 24.8 Å². The number of aromatic nitrogens is 1. The molecular weight excluding hydrogens is 216 g/mol. The maximum absolute atomic E-state index is 6.06. The van der Waals surface area contributed by atoms with Crippen LogP contribution < -0.4 is 10.3 Å². The molecule has 0 spiro atoms. The van der Waals surface area contributed by atoms with Crippen LogP contribution >= 0.6 is 11.3 Å². The zero-order valence-electron chi connectivity index (χ0n) is 9.90. The molecule has 0 saturated carbocycles. The number of hydrogen-bond donors (Lipinski definition) is 1. The quantitative estimate of drug-likeness (QED) is 0.793. The van der Waals surface area contributed by atoms with Crippen molar-refractivity contribution >= 4 is 16.5 Å². The molecular formula is C13H17N2S+. The van der Waals surface area contributed by atoms with Crippen molar-refractivity contribution in [3.8, 4) is 11.3 Å². The molecule has 0 atom stereocenters. The van der Waals surface area contributed by atoms with Crippen molar-refractivity contribution in [3.05, 3.63) is 35.2 Å². The summed E-state index contributed by atoms with van der Waals surface area (Å²) >= 11 is 1.66. The predicted octanol–water partition coefficient (Wildman–Crippen LogP) is 3.17. The van der Waals surface area contributed by atoms with Gasteiger partial charge in [0.2, 0.25) is 0 Å². The van der Waals surface area contributed by atoms with Crippen molar-refractivity contribution in [2.24, 2.45) is 0 Å². The van der Waals surface area contributed by atoms with E-state index in [0.717, 1.165) is 5.13 Å². The first-order valence-electron chi connectivity index (χ1n) is 5.47. The fourth-order valence-electron chi connectivity index (χ4n) is 1.99. The molecule has 0 unspecified atom stereocenters. The van der Waals surface area contributed by atoms with E-state index in [9.17, 15) is 0 Å². The molecule has 2 rings (SSSR count). The number of benzene rings is 1. The Balaban J connectivity index is 2.65. The van der Waals surface area contributed by atoms with Crippen LogP contribution in [-0.2, 0) is 0 Å². The fourth-order valence-corrected chi connectivity index (χ4v) is 3.01. The normalized spacial score (nSPS) is 11.0. The lowest BCUT2D eigenvalue weighted by molar-refractivity contribution is -0.688. The molecule has 0 aliphatic heterocycles. The Labute approximate surface area is 100 Å². The molecule has 0 amide bonds. The van der Waals surface area contributed by atoms with Gasteiger partial charge in [0.15, 0.2) is 0 Å². The van der Waals surface area contributed by atoms with Gasteiger partial charge in [-0.3, -0.25) is 5.73 Å². The number of nitrogen functional groups attached to an aromatic ring is 1. The number of nitrogens with zero attached hydrogens (tertiary/aromatic N) is 1. The number of nitrogens with two attached hydrogens (primary N) is 1. The highest BCUT2D eigenvalue weighted by atomic mass is 32.1. The first kappa shape index (κ1) is 11.1. The summed E-state index contributed by atoms with van der Waals surface area (Å²) in [5, 5.41) is 0.881. The number of rotatable bonds is 2. The van der Waals surface area contributed by atoms with E-state index in [1.807, 2.05) is 6.07 Å². The van der Waals surface area contributed by atoms with Crippen molar-refractivity contribution in [1.82, 2.24) is 0 Å². The summed E-state index contributed by atoms with van der Waals surface area (Å²) in [7, 11) is 0. The predicted molar refractivity (Wildman–Crippen MR) is 69.5 cm³/mol. The summed E-state index contributed by atoms with van der Waals surface area (Å²) in [5.74, 6) is 0. The highest BCUT2D eigenvalue weighted by Crippen LogP contribution is 2.28. The molecule has 0 radical (unpaired) electrons. The topological polar surface area (TPSA) is 29.9 Å². The first-order chi connectivity index (χ1) is 7.61. The molecule has 0 aliphatic carbocycles. The smallest absolute Gasteiger partial charge is 0.278 e. The zero-order valence-corrected chi connectivity index (χ0v) is 10.7. The number of aryl methyl sites for hydroxylation is 1. The average Bonchev–Trinajstić information content (AvgIpc) is 2.55. The molecule has 2 aromatic rings. The minimum Gasteiger partial charge on any atom is -0.278 e. The van der Waals surface area contributed by atoms with E-state index in [2.05, 4.69) is 49.6 Å². The Kier molecular flexibility index (Phi) is 2.97. The molecule has 1 heterocycles. The second-order valence-corrected chi connectivity index (χ2v) is 5.41. The minimum atomic E-state index is 0.389. The number of hydrogen-bond acceptors (Lipinski definition) is 2. The van der Waals surface area contributed by atoms with Gasteiger partial charge in [-0.2, -0.15) is 0 Å². The summed E-state index contributed by atoms with van der Waals surface area (Å²) in [4.78, 5) is 1.28. The van der Waals surface area contributed by atoms with Gasteiger partial charge in [0.1, 0.15) is 5.69 Å². The molecule has 2 N–H and O–H groups in total. The van der Waals surface area contributed by atoms with Crippen LogP contribution in [0.3, 0.4) is 0 Å². The van der Waals surface area contributed by atoms with Gasteiger partial charge in [0.25, 0.3) is 0 Å². The van der Waals surface area contributed by atoms with Gasteiger partial charge in [0.05, 0.1) is 10.9 Å². The third-order valence-electron chi connectivity index (χ3n) is 2.63. The van der Waals surface area contributed by atoms with Crippen molar-refractivity contribution in [2.75, 3.05) is 5.73 Å². The SMILES string of the molecule is Cc1sc(N)[n+](C(C)C)c1-c1ccccc1. The third-order valence-corrected chi connectivity index (χ3v) is 3.54. The molecule has 1 aromatic heterocycles. The maximum Gasteiger partial charge on any atom is 0.332 e. The molecule has 0 fully saturated rings. The van der Waals surface area contributed by atoms with Gasteiger partial charge in [-0.05, 0) is 20.8 Å². The molecule has 16 heavy (non-hydrogen) atoms. The molecule has 3 heteroatoms. The maximum atomic E-state index is 6.06. The molecule has 2 nitrogen and oxygen atoms in total. The molecule has 1 aromatic carbocycles. The highest BCUT2D eigenvalue weighted by molar-refractivity contribution is 7.15. The van der Waals surface area contributed by atoms with E-state index in [1.165, 1.54) is 16.1 Å². The van der Waals surface area contributed by atoms with Gasteiger partial charge in [-0.1, -0.05) is 41.7 Å². The summed E-state index contributed by atoms with van der Waals surface area (Å²) in [6.45, 7) is 6.45. The number of thiazole rings is 1. The van der Waals surface area contributed by atoms with Crippen LogP contribution in [-0.4, -0.2) is 0 Å². The van der Waals surface area contributed by atoms with Gasteiger partial charge in [-0.15, -0.1) is 0 Å². The average molecular weight is 233 g/mol. The molecule has 0 saturated heterocycles. The Bertz CT molecular complexity index is 486. The lowest BCUT2D eigenvalue weighted by Crippen LogP contribution is -2.39. The van der Waals surface area contributed by atoms with Crippen molar-refractivity contribution in [1.29, 1.82) is 0 Å². The van der Waals surface area contributed by atoms with Gasteiger partial charge < -0.3 is 0 Å². The zero-order chi connectivity index (χ0) is 11.7. The van der Waals surface area contributed by atoms with Crippen LogP contribution in [0.5, 0.6) is 0 Å². The first-order valence-corrected chi connectivity index (χ1v) is 6.28. The van der Waals surface area contributed by atoms with E-state index in [4.69, 9.17) is 5.73 Å². The largest absolute Gasteiger partial charge is 0.332 e. The van der Waals surface area contributed by atoms with Crippen LogP contribution in [0.2, 0.25) is 0 Å². The van der Waals surface area contributed by atoms with Crippen LogP contribution in [0.15, 0.2) is 30.3 Å². The van der Waals surface area contributed by atoms with Crippen LogP contribution in [0.25, 0.3) is 11.3 Å². The molecule has 84 valence electrons. The molecule has 0 bridgehead atoms. The Morgan fingerprint density at radius 2 is 1.81 bits per heavy atom. The lowest BCUT2D eigenvalue weighted by Gasteiger charge is -2.07. The standard InChI is InChI=1S/C13H16N2S/c1-9(2)15-12(10(3)16-13(15)14)11-7-5-4-6-8-11/h4-9,14H,1-3H3/p+1. The minimum absolute atomic E-state index is 0.389. The summed E-state index contributed by atoms with van der Waals surface area (Å²) in [5.41, 5.74) is 8.55. The van der Waals surface area contributed by atoms with E-state index < -0.39 is 0 Å². The highest BCUT2D eigenvalue weighted by Gasteiger charge is 2.22. The number of anilines is 1. The van der Waals surface area contributed by atoms with Crippen molar-refractivity contribution in [3.63, 3.8) is 0 Å². The molecule has 0 aliphatic rings. The lowest BCUT2D eigenvalue weighted by atomic mass is 10.1. The second-order valence-electron chi connectivity index (χ2n) is 4.17.